The molecule has 4 heteroatoms. The van der Waals surface area contributed by atoms with Crippen LogP contribution < -0.4 is 5.32 Å². The Balaban J connectivity index is 2.17. The Morgan fingerprint density at radius 3 is 2.70 bits per heavy atom. The first-order chi connectivity index (χ1) is 9.74. The van der Waals surface area contributed by atoms with Crippen molar-refractivity contribution in [1.29, 1.82) is 0 Å². The lowest BCUT2D eigenvalue weighted by atomic mass is 10.1. The van der Waals surface area contributed by atoms with Gasteiger partial charge in [-0.05, 0) is 43.7 Å². The molecule has 2 aromatic heterocycles. The number of halogens is 1. The minimum absolute atomic E-state index is 0.0560. The molecule has 0 radical (unpaired) electrons. The number of aryl methyl sites for hydroxylation is 1. The average Bonchev–Trinajstić information content (AvgIpc) is 2.92. The van der Waals surface area contributed by atoms with Crippen LogP contribution in [0, 0.1) is 5.82 Å². The number of rotatable bonds is 7. The zero-order valence-corrected chi connectivity index (χ0v) is 12.8. The molecule has 20 heavy (non-hydrogen) atoms. The van der Waals surface area contributed by atoms with Crippen molar-refractivity contribution in [2.24, 2.45) is 0 Å². The molecule has 108 valence electrons. The predicted molar refractivity (Wildman–Crippen MR) is 82.6 cm³/mol. The van der Waals surface area contributed by atoms with Gasteiger partial charge in [-0.3, -0.25) is 4.98 Å². The summed E-state index contributed by atoms with van der Waals surface area (Å²) in [5.41, 5.74) is 0.521. The van der Waals surface area contributed by atoms with E-state index < -0.39 is 0 Å². The van der Waals surface area contributed by atoms with Crippen molar-refractivity contribution in [2.75, 3.05) is 6.54 Å². The summed E-state index contributed by atoms with van der Waals surface area (Å²) in [4.78, 5) is 6.87. The normalized spacial score (nSPS) is 12.6. The molecule has 0 aliphatic rings. The number of thiophene rings is 1. The van der Waals surface area contributed by atoms with Gasteiger partial charge in [0.15, 0.2) is 0 Å². The Bertz CT molecular complexity index is 539. The maximum Gasteiger partial charge on any atom is 0.146 e. The molecule has 2 rings (SSSR count). The van der Waals surface area contributed by atoms with Gasteiger partial charge in [-0.25, -0.2) is 4.39 Å². The standard InChI is InChI=1S/C16H21FN2S/c1-3-9-18-15(16-14(17)6-5-10-19-16)11-13-8-7-12(4-2)20-13/h5-8,10,15,18H,3-4,9,11H2,1-2H3. The van der Waals surface area contributed by atoms with Gasteiger partial charge in [-0.15, -0.1) is 11.3 Å². The monoisotopic (exact) mass is 292 g/mol. The van der Waals surface area contributed by atoms with Crippen molar-refractivity contribution in [3.05, 3.63) is 51.7 Å². The average molecular weight is 292 g/mol. The SMILES string of the molecule is CCCNC(Cc1ccc(CC)s1)c1ncccc1F. The van der Waals surface area contributed by atoms with Gasteiger partial charge in [0.1, 0.15) is 5.82 Å². The molecule has 2 aromatic rings. The molecule has 1 N–H and O–H groups in total. The Labute approximate surface area is 124 Å². The van der Waals surface area contributed by atoms with E-state index in [-0.39, 0.29) is 11.9 Å². The van der Waals surface area contributed by atoms with E-state index in [9.17, 15) is 4.39 Å². The third-order valence-corrected chi connectivity index (χ3v) is 4.48. The lowest BCUT2D eigenvalue weighted by Crippen LogP contribution is -2.25. The summed E-state index contributed by atoms with van der Waals surface area (Å²) >= 11 is 1.80. The van der Waals surface area contributed by atoms with Crippen molar-refractivity contribution in [2.45, 2.75) is 39.2 Å². The molecule has 2 heterocycles. The van der Waals surface area contributed by atoms with Crippen molar-refractivity contribution >= 4 is 11.3 Å². The molecule has 0 bridgehead atoms. The van der Waals surface area contributed by atoms with E-state index in [2.05, 4.69) is 36.3 Å². The highest BCUT2D eigenvalue weighted by Crippen LogP contribution is 2.24. The molecule has 0 aliphatic heterocycles. The third kappa shape index (κ3) is 3.87. The maximum atomic E-state index is 13.9. The first-order valence-corrected chi connectivity index (χ1v) is 7.97. The number of pyridine rings is 1. The maximum absolute atomic E-state index is 13.9. The molecule has 0 saturated heterocycles. The highest BCUT2D eigenvalue weighted by Gasteiger charge is 2.17. The molecular weight excluding hydrogens is 271 g/mol. The lowest BCUT2D eigenvalue weighted by molar-refractivity contribution is 0.485. The van der Waals surface area contributed by atoms with Crippen molar-refractivity contribution < 1.29 is 4.39 Å². The van der Waals surface area contributed by atoms with Gasteiger partial charge in [0.2, 0.25) is 0 Å². The highest BCUT2D eigenvalue weighted by molar-refractivity contribution is 7.11. The van der Waals surface area contributed by atoms with E-state index in [4.69, 9.17) is 0 Å². The third-order valence-electron chi connectivity index (χ3n) is 3.23. The van der Waals surface area contributed by atoms with Crippen LogP contribution in [0.4, 0.5) is 4.39 Å². The fourth-order valence-corrected chi connectivity index (χ4v) is 3.16. The number of hydrogen-bond acceptors (Lipinski definition) is 3. The van der Waals surface area contributed by atoms with Crippen LogP contribution >= 0.6 is 11.3 Å². The zero-order valence-electron chi connectivity index (χ0n) is 12.0. The van der Waals surface area contributed by atoms with Crippen LogP contribution in [0.5, 0.6) is 0 Å². The van der Waals surface area contributed by atoms with Gasteiger partial charge in [0.05, 0.1) is 11.7 Å². The zero-order chi connectivity index (χ0) is 14.4. The van der Waals surface area contributed by atoms with Crippen molar-refractivity contribution in [1.82, 2.24) is 10.3 Å². The molecule has 0 spiro atoms. The van der Waals surface area contributed by atoms with Gasteiger partial charge < -0.3 is 5.32 Å². The second-order valence-corrected chi connectivity index (χ2v) is 6.06. The Morgan fingerprint density at radius 2 is 2.05 bits per heavy atom. The Kier molecular flexibility index (Phi) is 5.68. The van der Waals surface area contributed by atoms with E-state index in [1.165, 1.54) is 15.8 Å². The van der Waals surface area contributed by atoms with Gasteiger partial charge in [-0.2, -0.15) is 0 Å². The van der Waals surface area contributed by atoms with Crippen molar-refractivity contribution in [3.63, 3.8) is 0 Å². The van der Waals surface area contributed by atoms with Crippen LogP contribution in [0.3, 0.4) is 0 Å². The predicted octanol–water partition coefficient (Wildman–Crippen LogP) is 4.13. The van der Waals surface area contributed by atoms with Crippen LogP contribution in [0.1, 0.15) is 41.8 Å². The van der Waals surface area contributed by atoms with Gasteiger partial charge >= 0.3 is 0 Å². The van der Waals surface area contributed by atoms with Gasteiger partial charge in [0, 0.05) is 22.4 Å². The lowest BCUT2D eigenvalue weighted by Gasteiger charge is -2.17. The number of aromatic nitrogens is 1. The van der Waals surface area contributed by atoms with Crippen LogP contribution in [-0.2, 0) is 12.8 Å². The van der Waals surface area contributed by atoms with E-state index in [1.807, 2.05) is 0 Å². The van der Waals surface area contributed by atoms with Crippen LogP contribution in [0.2, 0.25) is 0 Å². The van der Waals surface area contributed by atoms with E-state index in [0.29, 0.717) is 5.69 Å². The minimum atomic E-state index is -0.228. The summed E-state index contributed by atoms with van der Waals surface area (Å²) in [7, 11) is 0. The van der Waals surface area contributed by atoms with Gasteiger partial charge in [0.25, 0.3) is 0 Å². The van der Waals surface area contributed by atoms with E-state index in [0.717, 1.165) is 25.8 Å². The second kappa shape index (κ2) is 7.50. The summed E-state index contributed by atoms with van der Waals surface area (Å²) in [6, 6.07) is 7.36. The highest BCUT2D eigenvalue weighted by atomic mass is 32.1. The fourth-order valence-electron chi connectivity index (χ4n) is 2.16. The van der Waals surface area contributed by atoms with Crippen LogP contribution in [0.15, 0.2) is 30.5 Å². The molecular formula is C16H21FN2S. The molecule has 0 saturated carbocycles. The summed E-state index contributed by atoms with van der Waals surface area (Å²) < 4.78 is 13.9. The minimum Gasteiger partial charge on any atom is -0.308 e. The first-order valence-electron chi connectivity index (χ1n) is 7.16. The topological polar surface area (TPSA) is 24.9 Å². The molecule has 2 nitrogen and oxygen atoms in total. The quantitative estimate of drug-likeness (QED) is 0.830. The summed E-state index contributed by atoms with van der Waals surface area (Å²) in [6.07, 6.45) is 4.52. The summed E-state index contributed by atoms with van der Waals surface area (Å²) in [5, 5.41) is 3.41. The number of hydrogen-bond donors (Lipinski definition) is 1. The number of nitrogens with one attached hydrogen (secondary N) is 1. The smallest absolute Gasteiger partial charge is 0.146 e. The van der Waals surface area contributed by atoms with Gasteiger partial charge in [-0.1, -0.05) is 13.8 Å². The first kappa shape index (κ1) is 15.1. The van der Waals surface area contributed by atoms with Crippen LogP contribution in [0.25, 0.3) is 0 Å². The molecule has 0 aromatic carbocycles. The molecule has 0 aliphatic carbocycles. The molecule has 0 amide bonds. The molecule has 1 unspecified atom stereocenters. The van der Waals surface area contributed by atoms with Crippen LogP contribution in [-0.4, -0.2) is 11.5 Å². The summed E-state index contributed by atoms with van der Waals surface area (Å²) in [5.74, 6) is -0.228. The van der Waals surface area contributed by atoms with E-state index in [1.54, 1.807) is 23.6 Å². The second-order valence-electron chi connectivity index (χ2n) is 4.80. The van der Waals surface area contributed by atoms with Crippen molar-refractivity contribution in [3.8, 4) is 0 Å². The largest absolute Gasteiger partial charge is 0.308 e. The van der Waals surface area contributed by atoms with E-state index >= 15 is 0 Å². The molecule has 0 fully saturated rings. The number of nitrogens with zero attached hydrogens (tertiary/aromatic N) is 1. The summed E-state index contributed by atoms with van der Waals surface area (Å²) in [6.45, 7) is 5.13. The fraction of sp³-hybridized carbons (Fsp3) is 0.438. The Hall–Kier alpha value is -1.26. The molecule has 1 atom stereocenters. The Morgan fingerprint density at radius 1 is 1.25 bits per heavy atom.